The van der Waals surface area contributed by atoms with E-state index in [1.165, 1.54) is 22.3 Å². The largest absolute Gasteiger partial charge is 0.444 e. The highest BCUT2D eigenvalue weighted by Crippen LogP contribution is 2.42. The molecule has 4 aliphatic rings. The van der Waals surface area contributed by atoms with Gasteiger partial charge in [-0.1, -0.05) is 48.5 Å². The first-order valence-corrected chi connectivity index (χ1v) is 8.67. The van der Waals surface area contributed by atoms with Gasteiger partial charge < -0.3 is 14.2 Å². The van der Waals surface area contributed by atoms with Crippen molar-refractivity contribution in [2.45, 2.75) is 37.1 Å². The average molecular weight is 332 g/mol. The molecule has 0 saturated heterocycles. The molecule has 0 fully saturated rings. The summed E-state index contributed by atoms with van der Waals surface area (Å²) < 4.78 is 17.5. The summed E-state index contributed by atoms with van der Waals surface area (Å²) >= 11 is 0. The standard InChI is InChI=1S/C20H16N2O3/c1-3-7-13-11(5-1)9-15-17(13)21-19(23-15)25-20-22-18-14-8-4-2-6-12(14)10-16(18)24-20/h1-8,15-18H,9-10H2/t15-,16-,17+,18+/m1/s1. The van der Waals surface area contributed by atoms with E-state index in [2.05, 4.69) is 46.4 Å². The van der Waals surface area contributed by atoms with E-state index in [-0.39, 0.29) is 36.5 Å². The van der Waals surface area contributed by atoms with E-state index in [0.717, 1.165) is 12.8 Å². The molecule has 25 heavy (non-hydrogen) atoms. The Balaban J connectivity index is 1.23. The second-order valence-electron chi connectivity index (χ2n) is 6.90. The Bertz CT molecular complexity index is 861. The van der Waals surface area contributed by atoms with Gasteiger partial charge in [0, 0.05) is 12.8 Å². The van der Waals surface area contributed by atoms with Crippen LogP contribution in [0.15, 0.2) is 58.5 Å². The SMILES string of the molecule is c1ccc2c(c1)C[C@H]1OC(OC3=N[C@H]4c5ccccc5C[C@H]4O3)=N[C@@H]21. The molecule has 0 spiro atoms. The number of hydrogen-bond acceptors (Lipinski definition) is 5. The highest BCUT2D eigenvalue weighted by molar-refractivity contribution is 5.85. The fraction of sp³-hybridized carbons (Fsp3) is 0.300. The predicted octanol–water partition coefficient (Wildman–Crippen LogP) is 3.11. The van der Waals surface area contributed by atoms with E-state index >= 15 is 0 Å². The van der Waals surface area contributed by atoms with Crippen molar-refractivity contribution in [2.24, 2.45) is 9.98 Å². The number of ether oxygens (including phenoxy) is 3. The second kappa shape index (κ2) is 4.85. The zero-order valence-electron chi connectivity index (χ0n) is 13.5. The maximum Gasteiger partial charge on any atom is 0.393 e. The molecule has 0 N–H and O–H groups in total. The molecule has 0 aromatic heterocycles. The van der Waals surface area contributed by atoms with Crippen LogP contribution in [0, 0.1) is 0 Å². The molecule has 0 bridgehead atoms. The summed E-state index contributed by atoms with van der Waals surface area (Å²) in [5.74, 6) is 0. The fourth-order valence-corrected chi connectivity index (χ4v) is 4.31. The van der Waals surface area contributed by atoms with Crippen molar-refractivity contribution >= 4 is 12.2 Å². The van der Waals surface area contributed by atoms with Crippen LogP contribution in [0.25, 0.3) is 0 Å². The van der Waals surface area contributed by atoms with Crippen LogP contribution in [0.4, 0.5) is 0 Å². The number of rotatable bonds is 0. The van der Waals surface area contributed by atoms with Crippen LogP contribution < -0.4 is 0 Å². The van der Waals surface area contributed by atoms with Crippen molar-refractivity contribution in [2.75, 3.05) is 0 Å². The van der Waals surface area contributed by atoms with Gasteiger partial charge >= 0.3 is 12.2 Å². The number of nitrogens with zero attached hydrogens (tertiary/aromatic N) is 2. The Morgan fingerprint density at radius 2 is 1.20 bits per heavy atom. The minimum absolute atomic E-state index is 0.0217. The third-order valence-electron chi connectivity index (χ3n) is 5.46. The molecule has 5 heteroatoms. The molecule has 2 aliphatic heterocycles. The topological polar surface area (TPSA) is 52.4 Å². The maximum atomic E-state index is 5.89. The summed E-state index contributed by atoms with van der Waals surface area (Å²) in [5, 5.41) is 0. The molecule has 0 unspecified atom stereocenters. The van der Waals surface area contributed by atoms with Crippen molar-refractivity contribution < 1.29 is 14.2 Å². The molecule has 2 heterocycles. The lowest BCUT2D eigenvalue weighted by molar-refractivity contribution is 0.130. The molecule has 0 saturated carbocycles. The van der Waals surface area contributed by atoms with Gasteiger partial charge in [-0.3, -0.25) is 0 Å². The lowest BCUT2D eigenvalue weighted by Crippen LogP contribution is -2.20. The Morgan fingerprint density at radius 1 is 0.720 bits per heavy atom. The lowest BCUT2D eigenvalue weighted by atomic mass is 10.1. The molecule has 6 rings (SSSR count). The van der Waals surface area contributed by atoms with E-state index in [9.17, 15) is 0 Å². The maximum absolute atomic E-state index is 5.89. The van der Waals surface area contributed by atoms with E-state index in [4.69, 9.17) is 14.2 Å². The van der Waals surface area contributed by atoms with Crippen molar-refractivity contribution in [3.05, 3.63) is 70.8 Å². The Morgan fingerprint density at radius 3 is 1.72 bits per heavy atom. The first-order chi connectivity index (χ1) is 12.3. The van der Waals surface area contributed by atoms with Gasteiger partial charge in [-0.25, -0.2) is 9.98 Å². The minimum Gasteiger partial charge on any atom is -0.444 e. The van der Waals surface area contributed by atoms with Gasteiger partial charge in [0.1, 0.15) is 24.3 Å². The summed E-state index contributed by atoms with van der Waals surface area (Å²) in [7, 11) is 0. The molecule has 4 atom stereocenters. The first kappa shape index (κ1) is 13.5. The van der Waals surface area contributed by atoms with E-state index in [1.54, 1.807) is 0 Å². The summed E-state index contributed by atoms with van der Waals surface area (Å²) in [4.78, 5) is 9.21. The summed E-state index contributed by atoms with van der Waals surface area (Å²) in [6.07, 6.45) is 2.32. The predicted molar refractivity (Wildman–Crippen MR) is 91.5 cm³/mol. The molecular formula is C20H16N2O3. The Kier molecular flexibility index (Phi) is 2.61. The number of fused-ring (bicyclic) bond motifs is 6. The zero-order chi connectivity index (χ0) is 16.4. The summed E-state index contributed by atoms with van der Waals surface area (Å²) in [6, 6.07) is 16.7. The van der Waals surface area contributed by atoms with Gasteiger partial charge in [0.15, 0.2) is 0 Å². The quantitative estimate of drug-likeness (QED) is 0.745. The van der Waals surface area contributed by atoms with Gasteiger partial charge in [-0.15, -0.1) is 0 Å². The molecule has 0 amide bonds. The third kappa shape index (κ3) is 1.95. The molecule has 2 aromatic rings. The van der Waals surface area contributed by atoms with Gasteiger partial charge in [0.25, 0.3) is 0 Å². The van der Waals surface area contributed by atoms with Crippen molar-refractivity contribution in [1.82, 2.24) is 0 Å². The van der Waals surface area contributed by atoms with Gasteiger partial charge in [-0.05, 0) is 22.3 Å². The average Bonchev–Trinajstić information content (AvgIpc) is 3.33. The number of aliphatic imine (C=N–C) groups is 2. The Labute approximate surface area is 145 Å². The van der Waals surface area contributed by atoms with E-state index in [1.807, 2.05) is 12.1 Å². The molecule has 2 aromatic carbocycles. The zero-order valence-corrected chi connectivity index (χ0v) is 13.5. The van der Waals surface area contributed by atoms with E-state index in [0.29, 0.717) is 0 Å². The van der Waals surface area contributed by atoms with Crippen LogP contribution >= 0.6 is 0 Å². The van der Waals surface area contributed by atoms with Crippen LogP contribution in [0.2, 0.25) is 0 Å². The molecule has 2 aliphatic carbocycles. The second-order valence-corrected chi connectivity index (χ2v) is 6.90. The smallest absolute Gasteiger partial charge is 0.393 e. The van der Waals surface area contributed by atoms with Crippen LogP contribution in [0.5, 0.6) is 0 Å². The Hall–Kier alpha value is -2.82. The van der Waals surface area contributed by atoms with Crippen molar-refractivity contribution in [3.8, 4) is 0 Å². The number of hydrogen-bond donors (Lipinski definition) is 0. The van der Waals surface area contributed by atoms with Gasteiger partial charge in [-0.2, -0.15) is 0 Å². The van der Waals surface area contributed by atoms with Crippen LogP contribution in [-0.2, 0) is 27.1 Å². The van der Waals surface area contributed by atoms with Crippen LogP contribution in [-0.4, -0.2) is 24.4 Å². The third-order valence-corrected chi connectivity index (χ3v) is 5.46. The lowest BCUT2D eigenvalue weighted by Gasteiger charge is -2.10. The molecule has 5 nitrogen and oxygen atoms in total. The highest BCUT2D eigenvalue weighted by Gasteiger charge is 2.43. The summed E-state index contributed by atoms with van der Waals surface area (Å²) in [5.41, 5.74) is 5.07. The number of benzene rings is 2. The van der Waals surface area contributed by atoms with Crippen LogP contribution in [0.1, 0.15) is 34.3 Å². The van der Waals surface area contributed by atoms with Gasteiger partial charge in [0.2, 0.25) is 0 Å². The normalized spacial score (nSPS) is 30.4. The van der Waals surface area contributed by atoms with Crippen molar-refractivity contribution in [3.63, 3.8) is 0 Å². The van der Waals surface area contributed by atoms with Crippen molar-refractivity contribution in [1.29, 1.82) is 0 Å². The minimum atomic E-state index is 0.0217. The monoisotopic (exact) mass is 332 g/mol. The molecule has 124 valence electrons. The van der Waals surface area contributed by atoms with Gasteiger partial charge in [0.05, 0.1) is 0 Å². The first-order valence-electron chi connectivity index (χ1n) is 8.67. The van der Waals surface area contributed by atoms with E-state index < -0.39 is 0 Å². The highest BCUT2D eigenvalue weighted by atomic mass is 16.8. The van der Waals surface area contributed by atoms with Crippen LogP contribution in [0.3, 0.4) is 0 Å². The molecule has 0 radical (unpaired) electrons. The fourth-order valence-electron chi connectivity index (χ4n) is 4.31. The molecular weight excluding hydrogens is 316 g/mol. The summed E-state index contributed by atoms with van der Waals surface area (Å²) in [6.45, 7) is 0.